The van der Waals surface area contributed by atoms with Gasteiger partial charge < -0.3 is 25.4 Å². The van der Waals surface area contributed by atoms with Gasteiger partial charge in [-0.15, -0.1) is 0 Å². The number of likely N-dealkylation sites (tertiary alicyclic amines) is 2. The number of pyridine rings is 3. The summed E-state index contributed by atoms with van der Waals surface area (Å²) in [5.41, 5.74) is 6.32. The summed E-state index contributed by atoms with van der Waals surface area (Å²) in [6, 6.07) is 15.1. The number of aromatic nitrogens is 3. The first-order valence-electron chi connectivity index (χ1n) is 15.6. The first-order chi connectivity index (χ1) is 22.7. The molecule has 3 N–H and O–H groups in total. The van der Waals surface area contributed by atoms with Gasteiger partial charge >= 0.3 is 0 Å². The number of anilines is 1. The Balaban J connectivity index is 1.17. The molecule has 47 heavy (non-hydrogen) atoms. The normalized spacial score (nSPS) is 16.6. The number of nitrogens with zero attached hydrogens (tertiary/aromatic N) is 5. The van der Waals surface area contributed by atoms with Crippen molar-refractivity contribution in [3.05, 3.63) is 88.3 Å². The van der Waals surface area contributed by atoms with Crippen LogP contribution in [0.3, 0.4) is 0 Å². The lowest BCUT2D eigenvalue weighted by Gasteiger charge is -2.35. The van der Waals surface area contributed by atoms with Gasteiger partial charge in [-0.2, -0.15) is 0 Å². The molecule has 0 saturated carbocycles. The van der Waals surface area contributed by atoms with Crippen molar-refractivity contribution < 1.29 is 19.4 Å². The highest BCUT2D eigenvalue weighted by atomic mass is 35.5. The molecule has 11 nitrogen and oxygen atoms in total. The fourth-order valence-corrected chi connectivity index (χ4v) is 6.33. The number of amides is 2. The highest BCUT2D eigenvalue weighted by molar-refractivity contribution is 6.35. The van der Waals surface area contributed by atoms with Crippen LogP contribution in [0.5, 0.6) is 5.88 Å². The van der Waals surface area contributed by atoms with Gasteiger partial charge in [0, 0.05) is 87.0 Å². The molecular weight excluding hydrogens is 618 g/mol. The van der Waals surface area contributed by atoms with Crippen LogP contribution in [0.15, 0.2) is 60.9 Å². The van der Waals surface area contributed by atoms with Crippen LogP contribution in [0.1, 0.15) is 40.5 Å². The molecule has 2 aliphatic rings. The second-order valence-corrected chi connectivity index (χ2v) is 12.4. The number of methoxy groups -OCH3 is 1. The van der Waals surface area contributed by atoms with Gasteiger partial charge in [-0.25, -0.2) is 4.98 Å². The first kappa shape index (κ1) is 32.5. The number of ether oxygens (including phenoxy) is 1. The molecular formula is C35H38ClN7O4. The lowest BCUT2D eigenvalue weighted by molar-refractivity contribution is -0.127. The molecule has 2 fully saturated rings. The number of β-amino-alcohol motifs (C(OH)–C–C–N with tert-alkyl or cyclic N) is 1. The van der Waals surface area contributed by atoms with E-state index in [4.69, 9.17) is 21.3 Å². The fourth-order valence-electron chi connectivity index (χ4n) is 6.02. The van der Waals surface area contributed by atoms with Crippen LogP contribution in [0.2, 0.25) is 5.02 Å². The number of halogens is 1. The van der Waals surface area contributed by atoms with Crippen LogP contribution in [-0.4, -0.2) is 87.1 Å². The molecule has 12 heteroatoms. The third-order valence-corrected chi connectivity index (χ3v) is 9.13. The monoisotopic (exact) mass is 655 g/mol. The van der Waals surface area contributed by atoms with Crippen LogP contribution in [0.25, 0.3) is 22.5 Å². The minimum atomic E-state index is -0.320. The summed E-state index contributed by atoms with van der Waals surface area (Å²) in [6.07, 6.45) is 4.04. The van der Waals surface area contributed by atoms with Gasteiger partial charge in [-0.1, -0.05) is 35.9 Å². The predicted molar refractivity (Wildman–Crippen MR) is 180 cm³/mol. The van der Waals surface area contributed by atoms with Gasteiger partial charge in [0.2, 0.25) is 11.8 Å². The molecule has 0 bridgehead atoms. The summed E-state index contributed by atoms with van der Waals surface area (Å²) in [5.74, 6) is 0.268. The van der Waals surface area contributed by atoms with E-state index >= 15 is 0 Å². The van der Waals surface area contributed by atoms with Gasteiger partial charge in [0.05, 0.1) is 29.6 Å². The van der Waals surface area contributed by atoms with Gasteiger partial charge in [-0.05, 0) is 48.7 Å². The van der Waals surface area contributed by atoms with Gasteiger partial charge in [-0.3, -0.25) is 24.5 Å². The van der Waals surface area contributed by atoms with E-state index in [1.165, 1.54) is 0 Å². The number of carbonyl (C=O) groups excluding carboxylic acids is 2. The summed E-state index contributed by atoms with van der Waals surface area (Å²) in [7, 11) is 1.59. The van der Waals surface area contributed by atoms with Crippen molar-refractivity contribution >= 4 is 29.1 Å². The topological polar surface area (TPSA) is 133 Å². The molecule has 1 atom stereocenters. The summed E-state index contributed by atoms with van der Waals surface area (Å²) < 4.78 is 5.65. The Kier molecular flexibility index (Phi) is 9.79. The maximum Gasteiger partial charge on any atom is 0.274 e. The Morgan fingerprint density at radius 1 is 1.06 bits per heavy atom. The van der Waals surface area contributed by atoms with Crippen molar-refractivity contribution in [2.75, 3.05) is 38.6 Å². The van der Waals surface area contributed by atoms with E-state index in [0.717, 1.165) is 35.2 Å². The van der Waals surface area contributed by atoms with Gasteiger partial charge in [0.1, 0.15) is 5.69 Å². The van der Waals surface area contributed by atoms with E-state index in [9.17, 15) is 14.7 Å². The number of hydrogen-bond acceptors (Lipinski definition) is 9. The summed E-state index contributed by atoms with van der Waals surface area (Å²) in [5, 5.41) is 16.4. The van der Waals surface area contributed by atoms with Crippen LogP contribution in [0, 0.1) is 6.92 Å². The lowest BCUT2D eigenvalue weighted by Crippen LogP contribution is -2.49. The second-order valence-electron chi connectivity index (χ2n) is 12.0. The van der Waals surface area contributed by atoms with Crippen molar-refractivity contribution in [1.82, 2.24) is 30.1 Å². The predicted octanol–water partition coefficient (Wildman–Crippen LogP) is 4.32. The van der Waals surface area contributed by atoms with Crippen LogP contribution in [-0.2, 0) is 17.9 Å². The molecule has 6 rings (SSSR count). The number of benzene rings is 1. The second kappa shape index (κ2) is 14.1. The van der Waals surface area contributed by atoms with Crippen molar-refractivity contribution in [1.29, 1.82) is 0 Å². The molecule has 5 heterocycles. The van der Waals surface area contributed by atoms with Crippen LogP contribution in [0.4, 0.5) is 5.69 Å². The van der Waals surface area contributed by atoms with E-state index < -0.39 is 0 Å². The number of rotatable bonds is 10. The zero-order valence-electron chi connectivity index (χ0n) is 26.7. The number of aliphatic hydroxyl groups is 1. The molecule has 2 saturated heterocycles. The lowest BCUT2D eigenvalue weighted by atomic mass is 10.0. The Hall–Kier alpha value is -4.42. The largest absolute Gasteiger partial charge is 0.481 e. The number of aliphatic hydroxyl groups excluding tert-OH is 1. The summed E-state index contributed by atoms with van der Waals surface area (Å²) in [6.45, 7) is 7.51. The SMILES string of the molecule is COc1nc(-c2ccnc(-c3cccc(NC(=O)c4ccc(CN5CC(O)C5)cn4)c3C)c2Cl)ccc1CNC1CCN(C(C)=O)C1. The number of hydrogen-bond donors (Lipinski definition) is 3. The quantitative estimate of drug-likeness (QED) is 0.229. The van der Waals surface area contributed by atoms with E-state index in [-0.39, 0.29) is 24.0 Å². The fraction of sp³-hybridized carbons (Fsp3) is 0.343. The Morgan fingerprint density at radius 3 is 2.60 bits per heavy atom. The maximum atomic E-state index is 13.1. The Bertz CT molecular complexity index is 1780. The van der Waals surface area contributed by atoms with Crippen molar-refractivity contribution in [2.45, 2.75) is 45.5 Å². The number of carbonyl (C=O) groups is 2. The van der Waals surface area contributed by atoms with E-state index in [1.807, 2.05) is 54.3 Å². The number of nitrogens with one attached hydrogen (secondary N) is 2. The van der Waals surface area contributed by atoms with E-state index in [1.54, 1.807) is 32.5 Å². The molecule has 4 aromatic rings. The molecule has 244 valence electrons. The zero-order valence-corrected chi connectivity index (χ0v) is 27.4. The summed E-state index contributed by atoms with van der Waals surface area (Å²) in [4.78, 5) is 42.5. The van der Waals surface area contributed by atoms with Crippen LogP contribution >= 0.6 is 11.6 Å². The van der Waals surface area contributed by atoms with E-state index in [0.29, 0.717) is 72.0 Å². The average Bonchev–Trinajstić information content (AvgIpc) is 3.54. The molecule has 0 spiro atoms. The zero-order chi connectivity index (χ0) is 33.1. The highest BCUT2D eigenvalue weighted by Crippen LogP contribution is 2.38. The van der Waals surface area contributed by atoms with Crippen molar-refractivity contribution in [3.63, 3.8) is 0 Å². The molecule has 3 aromatic heterocycles. The van der Waals surface area contributed by atoms with Crippen molar-refractivity contribution in [3.8, 4) is 28.4 Å². The molecule has 2 amide bonds. The Morgan fingerprint density at radius 2 is 1.89 bits per heavy atom. The third kappa shape index (κ3) is 7.28. The highest BCUT2D eigenvalue weighted by Gasteiger charge is 2.25. The minimum Gasteiger partial charge on any atom is -0.481 e. The summed E-state index contributed by atoms with van der Waals surface area (Å²) >= 11 is 7.00. The standard InChI is InChI=1S/C35H38ClN7O4/c1-21-27(5-4-6-29(21)40-34(46)31-9-7-23(15-39-31)17-42-19-26(45)20-42)33-32(36)28(11-13-37-33)30-10-8-24(35(41-30)47-3)16-38-25-12-14-43(18-25)22(2)44/h4-11,13,15,25-26,38,45H,12,14,16-20H2,1-3H3,(H,40,46). The van der Waals surface area contributed by atoms with E-state index in [2.05, 4.69) is 25.5 Å². The van der Waals surface area contributed by atoms with Gasteiger partial charge in [0.25, 0.3) is 5.91 Å². The Labute approximate surface area is 279 Å². The minimum absolute atomic E-state index is 0.0952. The molecule has 0 radical (unpaired) electrons. The first-order valence-corrected chi connectivity index (χ1v) is 16.0. The smallest absolute Gasteiger partial charge is 0.274 e. The van der Waals surface area contributed by atoms with Gasteiger partial charge in [0.15, 0.2) is 0 Å². The molecule has 0 aliphatic carbocycles. The average molecular weight is 656 g/mol. The van der Waals surface area contributed by atoms with Crippen LogP contribution < -0.4 is 15.4 Å². The molecule has 1 unspecified atom stereocenters. The third-order valence-electron chi connectivity index (χ3n) is 8.75. The molecule has 1 aromatic carbocycles. The molecule has 2 aliphatic heterocycles. The van der Waals surface area contributed by atoms with Crippen molar-refractivity contribution in [2.24, 2.45) is 0 Å². The maximum absolute atomic E-state index is 13.1.